The minimum Gasteiger partial charge on any atom is -0.468 e. The van der Waals surface area contributed by atoms with Gasteiger partial charge in [0.15, 0.2) is 0 Å². The summed E-state index contributed by atoms with van der Waals surface area (Å²) in [4.78, 5) is 19.6. The van der Waals surface area contributed by atoms with E-state index in [9.17, 15) is 4.79 Å². The summed E-state index contributed by atoms with van der Waals surface area (Å²) in [6, 6.07) is 16.3. The van der Waals surface area contributed by atoms with E-state index in [0.717, 1.165) is 45.0 Å². The lowest BCUT2D eigenvalue weighted by atomic mass is 10.2. The van der Waals surface area contributed by atoms with E-state index in [1.165, 1.54) is 11.1 Å². The third kappa shape index (κ3) is 5.79. The van der Waals surface area contributed by atoms with E-state index in [1.54, 1.807) is 17.6 Å². The number of carbonyl (C=O) groups excluding carboxylic acids is 1. The Morgan fingerprint density at radius 1 is 0.966 bits per heavy atom. The van der Waals surface area contributed by atoms with E-state index in [4.69, 9.17) is 4.42 Å². The van der Waals surface area contributed by atoms with Crippen molar-refractivity contribution in [2.45, 2.75) is 19.6 Å². The van der Waals surface area contributed by atoms with Crippen LogP contribution in [0.4, 0.5) is 0 Å². The number of nitrogens with zero attached hydrogens (tertiary/aromatic N) is 3. The normalized spacial score (nSPS) is 15.1. The van der Waals surface area contributed by atoms with Crippen molar-refractivity contribution in [1.29, 1.82) is 0 Å². The number of furan rings is 1. The maximum atomic E-state index is 13.0. The highest BCUT2D eigenvalue weighted by Crippen LogP contribution is 2.14. The molecule has 3 heterocycles. The van der Waals surface area contributed by atoms with E-state index in [0.29, 0.717) is 13.1 Å². The van der Waals surface area contributed by atoms with Crippen LogP contribution >= 0.6 is 11.3 Å². The summed E-state index contributed by atoms with van der Waals surface area (Å²) in [5, 5.41) is 4.32. The number of carbonyl (C=O) groups is 1. The molecule has 0 N–H and O–H groups in total. The minimum absolute atomic E-state index is 0.197. The van der Waals surface area contributed by atoms with Gasteiger partial charge in [-0.3, -0.25) is 14.6 Å². The lowest BCUT2D eigenvalue weighted by Gasteiger charge is -2.35. The maximum absolute atomic E-state index is 13.0. The number of thiophene rings is 1. The highest BCUT2D eigenvalue weighted by molar-refractivity contribution is 7.07. The first-order chi connectivity index (χ1) is 14.3. The van der Waals surface area contributed by atoms with Crippen LogP contribution in [0.2, 0.25) is 0 Å². The molecule has 0 spiro atoms. The van der Waals surface area contributed by atoms with E-state index >= 15 is 0 Å². The summed E-state index contributed by atoms with van der Waals surface area (Å²) in [6.45, 7) is 6.18. The van der Waals surface area contributed by atoms with Crippen LogP contribution in [-0.2, 0) is 24.4 Å². The van der Waals surface area contributed by atoms with E-state index in [2.05, 4.69) is 38.8 Å². The maximum Gasteiger partial charge on any atom is 0.236 e. The molecular weight excluding hydrogens is 382 g/mol. The summed E-state index contributed by atoms with van der Waals surface area (Å²) in [7, 11) is 0. The lowest BCUT2D eigenvalue weighted by molar-refractivity contribution is -0.134. The molecule has 4 rings (SSSR count). The van der Waals surface area contributed by atoms with Crippen LogP contribution in [0.3, 0.4) is 0 Å². The third-order valence-electron chi connectivity index (χ3n) is 5.28. The average Bonchev–Trinajstić information content (AvgIpc) is 3.43. The molecule has 0 aliphatic carbocycles. The number of hydrogen-bond donors (Lipinski definition) is 0. The SMILES string of the molecule is O=C(CN(Cc1ccccc1)Cc1ccco1)N1CCN(Cc2ccsc2)CC1. The van der Waals surface area contributed by atoms with Gasteiger partial charge in [-0.15, -0.1) is 0 Å². The van der Waals surface area contributed by atoms with Crippen LogP contribution in [0.5, 0.6) is 0 Å². The van der Waals surface area contributed by atoms with Crippen LogP contribution in [0, 0.1) is 0 Å². The van der Waals surface area contributed by atoms with Gasteiger partial charge in [-0.25, -0.2) is 0 Å². The Kier molecular flexibility index (Phi) is 6.77. The van der Waals surface area contributed by atoms with Crippen molar-refractivity contribution < 1.29 is 9.21 Å². The van der Waals surface area contributed by atoms with Gasteiger partial charge >= 0.3 is 0 Å². The van der Waals surface area contributed by atoms with Gasteiger partial charge < -0.3 is 9.32 Å². The highest BCUT2D eigenvalue weighted by atomic mass is 32.1. The Balaban J connectivity index is 1.32. The van der Waals surface area contributed by atoms with Gasteiger partial charge in [-0.05, 0) is 40.1 Å². The summed E-state index contributed by atoms with van der Waals surface area (Å²) in [5.41, 5.74) is 2.56. The Bertz CT molecular complexity index is 857. The zero-order chi connectivity index (χ0) is 19.9. The molecule has 1 amide bonds. The molecule has 0 radical (unpaired) electrons. The number of hydrogen-bond acceptors (Lipinski definition) is 5. The zero-order valence-electron chi connectivity index (χ0n) is 16.6. The van der Waals surface area contributed by atoms with Crippen LogP contribution in [0.1, 0.15) is 16.9 Å². The first-order valence-corrected chi connectivity index (χ1v) is 11.0. The summed E-state index contributed by atoms with van der Waals surface area (Å²) < 4.78 is 5.52. The summed E-state index contributed by atoms with van der Waals surface area (Å²) in [5.74, 6) is 1.08. The number of benzene rings is 1. The van der Waals surface area contributed by atoms with Gasteiger partial charge in [0.2, 0.25) is 5.91 Å². The predicted octanol–water partition coefficient (Wildman–Crippen LogP) is 3.69. The fourth-order valence-electron chi connectivity index (χ4n) is 3.72. The average molecular weight is 410 g/mol. The zero-order valence-corrected chi connectivity index (χ0v) is 17.4. The monoisotopic (exact) mass is 409 g/mol. The number of amides is 1. The first-order valence-electron chi connectivity index (χ1n) is 10.1. The number of piperazine rings is 1. The highest BCUT2D eigenvalue weighted by Gasteiger charge is 2.23. The molecular formula is C23H27N3O2S. The molecule has 29 heavy (non-hydrogen) atoms. The van der Waals surface area contributed by atoms with Crippen molar-refractivity contribution >= 4 is 17.2 Å². The minimum atomic E-state index is 0.197. The van der Waals surface area contributed by atoms with Gasteiger partial charge in [-0.1, -0.05) is 30.3 Å². The summed E-state index contributed by atoms with van der Waals surface area (Å²) >= 11 is 1.74. The lowest BCUT2D eigenvalue weighted by Crippen LogP contribution is -2.50. The third-order valence-corrected chi connectivity index (χ3v) is 6.01. The molecule has 2 aromatic heterocycles. The second-order valence-electron chi connectivity index (χ2n) is 7.50. The number of rotatable bonds is 8. The Morgan fingerprint density at radius 2 is 1.79 bits per heavy atom. The van der Waals surface area contributed by atoms with Crippen molar-refractivity contribution in [3.05, 3.63) is 82.4 Å². The molecule has 0 saturated carbocycles. The second kappa shape index (κ2) is 9.87. The molecule has 1 aliphatic heterocycles. The van der Waals surface area contributed by atoms with Gasteiger partial charge in [0.05, 0.1) is 19.4 Å². The fourth-order valence-corrected chi connectivity index (χ4v) is 4.38. The molecule has 0 bridgehead atoms. The van der Waals surface area contributed by atoms with Crippen molar-refractivity contribution in [3.63, 3.8) is 0 Å². The molecule has 0 atom stereocenters. The van der Waals surface area contributed by atoms with Crippen LogP contribution in [0.25, 0.3) is 0 Å². The van der Waals surface area contributed by atoms with Crippen LogP contribution in [0.15, 0.2) is 70.0 Å². The molecule has 3 aromatic rings. The Labute approximate surface area is 176 Å². The molecule has 5 nitrogen and oxygen atoms in total. The van der Waals surface area contributed by atoms with E-state index < -0.39 is 0 Å². The van der Waals surface area contributed by atoms with Crippen molar-refractivity contribution in [2.24, 2.45) is 0 Å². The molecule has 1 fully saturated rings. The van der Waals surface area contributed by atoms with Crippen molar-refractivity contribution in [2.75, 3.05) is 32.7 Å². The quantitative estimate of drug-likeness (QED) is 0.569. The van der Waals surface area contributed by atoms with Gasteiger partial charge in [0, 0.05) is 39.3 Å². The molecule has 0 unspecified atom stereocenters. The van der Waals surface area contributed by atoms with Gasteiger partial charge in [-0.2, -0.15) is 11.3 Å². The Hall–Kier alpha value is -2.41. The van der Waals surface area contributed by atoms with Crippen LogP contribution < -0.4 is 0 Å². The second-order valence-corrected chi connectivity index (χ2v) is 8.28. The smallest absolute Gasteiger partial charge is 0.236 e. The van der Waals surface area contributed by atoms with E-state index in [1.807, 2.05) is 35.2 Å². The van der Waals surface area contributed by atoms with Crippen molar-refractivity contribution in [3.8, 4) is 0 Å². The fraction of sp³-hybridized carbons (Fsp3) is 0.348. The summed E-state index contributed by atoms with van der Waals surface area (Å²) in [6.07, 6.45) is 1.69. The standard InChI is InChI=1S/C23H27N3O2S/c27-23(26-11-9-24(10-12-26)16-21-8-14-29-19-21)18-25(17-22-7-4-13-28-22)15-20-5-2-1-3-6-20/h1-8,13-14,19H,9-12,15-18H2. The first kappa shape index (κ1) is 19.9. The predicted molar refractivity (Wildman–Crippen MR) is 115 cm³/mol. The van der Waals surface area contributed by atoms with Gasteiger partial charge in [0.1, 0.15) is 5.76 Å². The van der Waals surface area contributed by atoms with Gasteiger partial charge in [0.25, 0.3) is 0 Å². The van der Waals surface area contributed by atoms with E-state index in [-0.39, 0.29) is 5.91 Å². The molecule has 1 saturated heterocycles. The molecule has 1 aromatic carbocycles. The molecule has 6 heteroatoms. The molecule has 1 aliphatic rings. The topological polar surface area (TPSA) is 39.9 Å². The Morgan fingerprint density at radius 3 is 2.48 bits per heavy atom. The largest absolute Gasteiger partial charge is 0.468 e. The van der Waals surface area contributed by atoms with Crippen molar-refractivity contribution in [1.82, 2.24) is 14.7 Å². The molecule has 152 valence electrons. The van der Waals surface area contributed by atoms with Crippen LogP contribution in [-0.4, -0.2) is 53.3 Å².